The number of nitrogen functional groups attached to an aromatic ring is 2. The van der Waals surface area contributed by atoms with E-state index in [1.54, 1.807) is 39.2 Å². The Balaban J connectivity index is 0. The van der Waals surface area contributed by atoms with E-state index in [4.69, 9.17) is 27.0 Å². The summed E-state index contributed by atoms with van der Waals surface area (Å²) in [6.07, 6.45) is 0. The number of anilines is 2. The number of thiol groups is 1. The normalized spacial score (nSPS) is 9.00. The number of ether oxygens (including phenoxy) is 3. The van der Waals surface area contributed by atoms with Crippen molar-refractivity contribution in [3.05, 3.63) is 73.8 Å². The molecule has 0 atom stereocenters. The van der Waals surface area contributed by atoms with Crippen molar-refractivity contribution >= 4 is 129 Å². The van der Waals surface area contributed by atoms with Crippen molar-refractivity contribution in [3.63, 3.8) is 0 Å². The van der Waals surface area contributed by atoms with Gasteiger partial charge in [-0.1, -0.05) is 6.82 Å². The van der Waals surface area contributed by atoms with Crippen LogP contribution in [0.3, 0.4) is 0 Å². The molecule has 0 amide bonds. The average Bonchev–Trinajstić information content (AvgIpc) is 2.89. The van der Waals surface area contributed by atoms with Gasteiger partial charge in [0.25, 0.3) is 5.69 Å². The third-order valence-electron chi connectivity index (χ3n) is 3.82. The molecule has 0 fully saturated rings. The molecule has 0 bridgehead atoms. The van der Waals surface area contributed by atoms with Crippen molar-refractivity contribution in [2.24, 2.45) is 4.30 Å². The Labute approximate surface area is 281 Å². The second kappa shape index (κ2) is 22.8. The van der Waals surface area contributed by atoms with Gasteiger partial charge in [0.15, 0.2) is 0 Å². The summed E-state index contributed by atoms with van der Waals surface area (Å²) in [5.41, 5.74) is 12.8. The molecule has 0 aliphatic heterocycles. The minimum absolute atomic E-state index is 0.0787. The number of hydrogen-bond donors (Lipinski definition) is 3. The molecule has 0 aliphatic rings. The third-order valence-corrected chi connectivity index (χ3v) is 7.27. The van der Waals surface area contributed by atoms with E-state index in [0.29, 0.717) is 9.32 Å². The first-order valence-electron chi connectivity index (χ1n) is 10.5. The van der Waals surface area contributed by atoms with Crippen molar-refractivity contribution < 1.29 is 19.1 Å². The van der Waals surface area contributed by atoms with E-state index in [-0.39, 0.29) is 5.69 Å². The van der Waals surface area contributed by atoms with Gasteiger partial charge in [-0.05, 0) is 115 Å². The number of nitro groups is 1. The van der Waals surface area contributed by atoms with Crippen LogP contribution in [-0.2, 0) is 0 Å². The van der Waals surface area contributed by atoms with Crippen molar-refractivity contribution in [1.29, 1.82) is 1.34 Å². The Kier molecular flexibility index (Phi) is 22.2. The summed E-state index contributed by atoms with van der Waals surface area (Å²) < 4.78 is 27.3. The Hall–Kier alpha value is -0.990. The molecule has 3 rings (SSSR count). The van der Waals surface area contributed by atoms with Crippen molar-refractivity contribution in [1.82, 2.24) is 0 Å². The fraction of sp³-hybridized carbons (Fsp3) is 0.182. The molecule has 9 nitrogen and oxygen atoms in total. The van der Waals surface area contributed by atoms with Crippen molar-refractivity contribution in [2.75, 3.05) is 32.8 Å². The Morgan fingerprint density at radius 2 is 1.42 bits per heavy atom. The summed E-state index contributed by atoms with van der Waals surface area (Å²) in [7, 11) is 10.3. The predicted octanol–water partition coefficient (Wildman–Crippen LogP) is 6.85. The second-order valence-corrected chi connectivity index (χ2v) is 10.7. The number of nitrogens with two attached hydrogens (primary N) is 2. The van der Waals surface area contributed by atoms with Gasteiger partial charge in [0.1, 0.15) is 17.2 Å². The van der Waals surface area contributed by atoms with Gasteiger partial charge in [-0.2, -0.15) is 0 Å². The van der Waals surface area contributed by atoms with Crippen molar-refractivity contribution in [2.45, 2.75) is 6.82 Å². The van der Waals surface area contributed by atoms with Crippen molar-refractivity contribution in [3.8, 4) is 17.2 Å². The zero-order chi connectivity index (χ0) is 30.5. The SMILES string of the molecule is COc1cc(N)c(I)cc1Br.COc1ccc(I)c(N)c1.COc1ccc(I)c([N+](=O)[O-])c1.[3H][B]C.[B]=NS. The van der Waals surface area contributed by atoms with Crippen LogP contribution >= 0.6 is 96.5 Å². The molecule has 0 aromatic heterocycles. The fourth-order valence-corrected chi connectivity index (χ4v) is 4.38. The number of benzene rings is 3. The Bertz CT molecular complexity index is 1190. The van der Waals surface area contributed by atoms with Crippen LogP contribution in [-0.4, -0.2) is 43.0 Å². The van der Waals surface area contributed by atoms with Crippen LogP contribution in [0.15, 0.2) is 57.3 Å². The fourth-order valence-electron chi connectivity index (χ4n) is 2.11. The van der Waals surface area contributed by atoms with Crippen LogP contribution in [0.5, 0.6) is 17.2 Å². The zero-order valence-corrected chi connectivity index (χ0v) is 29.8. The average molecular weight is 943 g/mol. The molecule has 16 heteroatoms. The minimum atomic E-state index is -0.426. The van der Waals surface area contributed by atoms with Gasteiger partial charge in [0.2, 0.25) is 0 Å². The number of rotatable bonds is 4. The molecule has 0 heterocycles. The van der Waals surface area contributed by atoms with Gasteiger partial charge in [0.05, 0.1) is 48.2 Å². The topological polar surface area (TPSA) is 135 Å². The van der Waals surface area contributed by atoms with E-state index in [9.17, 15) is 10.1 Å². The summed E-state index contributed by atoms with van der Waals surface area (Å²) in [5.74, 6) is 2.07. The summed E-state index contributed by atoms with van der Waals surface area (Å²) >= 11 is 12.8. The molecule has 0 spiro atoms. The molecular formula is C22H26B2BrI3N4O5S. The molecule has 2 radical (unpaired) electrons. The van der Waals surface area contributed by atoms with Gasteiger partial charge in [0, 0.05) is 30.6 Å². The summed E-state index contributed by atoms with van der Waals surface area (Å²) in [6.45, 7) is 1.67. The Morgan fingerprint density at radius 1 is 0.974 bits per heavy atom. The van der Waals surface area contributed by atoms with Crippen LogP contribution in [0.4, 0.5) is 17.1 Å². The first-order valence-corrected chi connectivity index (χ1v) is 14.4. The van der Waals surface area contributed by atoms with Gasteiger partial charge in [-0.3, -0.25) is 10.1 Å². The molecule has 38 heavy (non-hydrogen) atoms. The van der Waals surface area contributed by atoms with E-state index in [1.807, 2.05) is 46.9 Å². The van der Waals surface area contributed by atoms with Crippen LogP contribution in [0.25, 0.3) is 0 Å². The standard InChI is InChI=1S/C7H7BrINO.C7H6INO3.C7H8INO.CH4B.BHNS/c1-11-7-3-6(10)5(9)2-4(7)8;1-12-5-2-3-6(8)7(4-5)9(10)11;1-10-5-2-3-6(8)7(9)4-5;1-2;1-2-3/h2-3H,10H2,1H3;2-4H,1H3;2-4H,9H2,1H3;2H,1H3;3H/i;;;2T;. The first-order chi connectivity index (χ1) is 18.4. The monoisotopic (exact) mass is 942 g/mol. The molecule has 3 aromatic rings. The summed E-state index contributed by atoms with van der Waals surface area (Å²) in [5, 5.41) is 10.4. The van der Waals surface area contributed by atoms with Gasteiger partial charge >= 0.3 is 24.8 Å². The molecule has 0 saturated heterocycles. The maximum atomic E-state index is 10.4. The number of nitrogens with zero attached hydrogens (tertiary/aromatic N) is 2. The molecule has 0 aliphatic carbocycles. The van der Waals surface area contributed by atoms with E-state index in [0.717, 1.165) is 34.5 Å². The molecular weight excluding hydrogens is 915 g/mol. The number of methoxy groups -OCH3 is 3. The van der Waals surface area contributed by atoms with E-state index < -0.39 is 4.92 Å². The van der Waals surface area contributed by atoms with E-state index in [1.165, 1.54) is 21.0 Å². The quantitative estimate of drug-likeness (QED) is 0.0651. The second-order valence-electron chi connectivity index (χ2n) is 6.09. The number of hydrogen-bond acceptors (Lipinski definition) is 9. The first kappa shape index (κ1) is 37.0. The molecule has 0 unspecified atom stereocenters. The van der Waals surface area contributed by atoms with Gasteiger partial charge in [-0.25, -0.2) is 0 Å². The zero-order valence-electron chi connectivity index (χ0n) is 21.8. The maximum absolute atomic E-state index is 10.4. The van der Waals surface area contributed by atoms with Gasteiger partial charge in [-0.15, -0.1) is 0 Å². The predicted molar refractivity (Wildman–Crippen MR) is 190 cm³/mol. The van der Waals surface area contributed by atoms with Crippen LogP contribution in [0, 0.1) is 20.8 Å². The summed E-state index contributed by atoms with van der Waals surface area (Å²) in [4.78, 5) is 10.0. The number of nitro benzene ring substituents is 1. The van der Waals surface area contributed by atoms with E-state index >= 15 is 0 Å². The van der Waals surface area contributed by atoms with E-state index in [2.05, 4.69) is 85.9 Å². The van der Waals surface area contributed by atoms with Crippen LogP contribution < -0.4 is 25.7 Å². The molecule has 204 valence electrons. The Morgan fingerprint density at radius 3 is 1.84 bits per heavy atom. The molecule has 0 saturated carbocycles. The molecule has 4 N–H and O–H groups in total. The van der Waals surface area contributed by atoms with Crippen LogP contribution in [0.1, 0.15) is 0 Å². The third kappa shape index (κ3) is 15.6. The number of halogens is 4. The van der Waals surface area contributed by atoms with Crippen LogP contribution in [0.2, 0.25) is 6.82 Å². The molecule has 3 aromatic carbocycles. The van der Waals surface area contributed by atoms with Gasteiger partial charge < -0.3 is 25.7 Å². The summed E-state index contributed by atoms with van der Waals surface area (Å²) in [6, 6.07) is 14.1.